The van der Waals surface area contributed by atoms with E-state index in [-0.39, 0.29) is 0 Å². The van der Waals surface area contributed by atoms with E-state index < -0.39 is 0 Å². The van der Waals surface area contributed by atoms with Gasteiger partial charge in [-0.1, -0.05) is 38.1 Å². The van der Waals surface area contributed by atoms with Gasteiger partial charge in [0.1, 0.15) is 0 Å². The molecule has 0 saturated carbocycles. The van der Waals surface area contributed by atoms with Crippen molar-refractivity contribution in [3.63, 3.8) is 0 Å². The maximum absolute atomic E-state index is 3.81. The van der Waals surface area contributed by atoms with E-state index in [9.17, 15) is 0 Å². The monoisotopic (exact) mass is 258 g/mol. The van der Waals surface area contributed by atoms with Gasteiger partial charge in [-0.05, 0) is 48.9 Å². The molecule has 19 heavy (non-hydrogen) atoms. The molecule has 0 radical (unpaired) electrons. The molecule has 1 atom stereocenters. The minimum Gasteiger partial charge on any atom is -0.308 e. The number of nitrogens with zero attached hydrogens (tertiary/aromatic N) is 1. The Morgan fingerprint density at radius 3 is 2.74 bits per heavy atom. The molecular weight excluding hydrogens is 232 g/mol. The largest absolute Gasteiger partial charge is 0.308 e. The Labute approximate surface area is 117 Å². The van der Waals surface area contributed by atoms with Crippen LogP contribution in [0.4, 0.5) is 0 Å². The highest BCUT2D eigenvalue weighted by atomic mass is 15.2. The maximum Gasteiger partial charge on any atom is 0.0378 e. The smallest absolute Gasteiger partial charge is 0.0378 e. The molecule has 1 unspecified atom stereocenters. The average molecular weight is 258 g/mol. The summed E-state index contributed by atoms with van der Waals surface area (Å²) in [5.74, 6) is 0. The first-order valence-electron chi connectivity index (χ1n) is 7.70. The number of hydrogen-bond acceptors (Lipinski definition) is 2. The lowest BCUT2D eigenvalue weighted by Gasteiger charge is -2.29. The first-order chi connectivity index (χ1) is 9.17. The van der Waals surface area contributed by atoms with Crippen LogP contribution in [0, 0.1) is 5.41 Å². The second-order valence-corrected chi connectivity index (χ2v) is 6.80. The minimum atomic E-state index is 0.342. The number of likely N-dealkylation sites (tertiary alicyclic amines) is 1. The van der Waals surface area contributed by atoms with Crippen molar-refractivity contribution in [3.05, 3.63) is 35.4 Å². The third-order valence-corrected chi connectivity index (χ3v) is 4.77. The van der Waals surface area contributed by atoms with Crippen LogP contribution in [-0.4, -0.2) is 31.1 Å². The van der Waals surface area contributed by atoms with E-state index in [4.69, 9.17) is 0 Å². The molecule has 1 fully saturated rings. The van der Waals surface area contributed by atoms with Crippen molar-refractivity contribution in [1.29, 1.82) is 0 Å². The second kappa shape index (κ2) is 5.26. The summed E-state index contributed by atoms with van der Waals surface area (Å²) in [6.45, 7) is 9.69. The summed E-state index contributed by atoms with van der Waals surface area (Å²) in [7, 11) is 0. The van der Waals surface area contributed by atoms with Crippen LogP contribution in [-0.2, 0) is 6.42 Å². The summed E-state index contributed by atoms with van der Waals surface area (Å²) in [5.41, 5.74) is 3.40. The Morgan fingerprint density at radius 2 is 1.95 bits per heavy atom. The molecule has 1 heterocycles. The van der Waals surface area contributed by atoms with Gasteiger partial charge >= 0.3 is 0 Å². The summed E-state index contributed by atoms with van der Waals surface area (Å²) in [4.78, 5) is 2.58. The predicted molar refractivity (Wildman–Crippen MR) is 80.3 cm³/mol. The normalized spacial score (nSPS) is 25.7. The van der Waals surface area contributed by atoms with E-state index in [0.29, 0.717) is 11.5 Å². The van der Waals surface area contributed by atoms with E-state index in [0.717, 1.165) is 6.54 Å². The fourth-order valence-corrected chi connectivity index (χ4v) is 3.75. The molecule has 2 aliphatic rings. The highest BCUT2D eigenvalue weighted by Crippen LogP contribution is 2.44. The first-order valence-corrected chi connectivity index (χ1v) is 7.70. The maximum atomic E-state index is 3.81. The van der Waals surface area contributed by atoms with Gasteiger partial charge in [-0.2, -0.15) is 0 Å². The Balaban J connectivity index is 1.62. The molecule has 0 spiro atoms. The van der Waals surface area contributed by atoms with Crippen molar-refractivity contribution in [2.24, 2.45) is 5.41 Å². The van der Waals surface area contributed by atoms with Crippen molar-refractivity contribution in [1.82, 2.24) is 10.2 Å². The summed E-state index contributed by atoms with van der Waals surface area (Å²) < 4.78 is 0. The average Bonchev–Trinajstić information content (AvgIpc) is 2.96. The molecule has 1 N–H and O–H groups in total. The second-order valence-electron chi connectivity index (χ2n) is 6.80. The Kier molecular flexibility index (Phi) is 3.64. The van der Waals surface area contributed by atoms with Crippen molar-refractivity contribution < 1.29 is 0 Å². The molecule has 0 bridgehead atoms. The molecule has 1 aliphatic heterocycles. The van der Waals surface area contributed by atoms with Gasteiger partial charge in [0.25, 0.3) is 0 Å². The van der Waals surface area contributed by atoms with Crippen LogP contribution in [0.3, 0.4) is 0 Å². The summed E-state index contributed by atoms with van der Waals surface area (Å²) in [5, 5.41) is 3.81. The summed E-state index contributed by atoms with van der Waals surface area (Å²) in [6.07, 6.45) is 3.97. The number of rotatable bonds is 4. The van der Waals surface area contributed by atoms with Crippen molar-refractivity contribution >= 4 is 0 Å². The van der Waals surface area contributed by atoms with E-state index in [2.05, 4.69) is 48.3 Å². The molecule has 2 heteroatoms. The van der Waals surface area contributed by atoms with Gasteiger partial charge in [-0.25, -0.2) is 0 Å². The predicted octanol–water partition coefficient (Wildman–Crippen LogP) is 3.00. The summed E-state index contributed by atoms with van der Waals surface area (Å²) >= 11 is 0. The van der Waals surface area contributed by atoms with Crippen LogP contribution in [0.1, 0.15) is 43.9 Å². The van der Waals surface area contributed by atoms with Crippen LogP contribution in [0.15, 0.2) is 24.3 Å². The van der Waals surface area contributed by atoms with Crippen molar-refractivity contribution in [2.75, 3.05) is 26.2 Å². The van der Waals surface area contributed by atoms with Gasteiger partial charge in [-0.3, -0.25) is 0 Å². The SMILES string of the molecule is CC1(C)Cc2ccccc2C1NCCN1CCCC1. The zero-order valence-corrected chi connectivity index (χ0v) is 12.3. The third kappa shape index (κ3) is 2.70. The molecule has 1 aromatic carbocycles. The standard InChI is InChI=1S/C17H26N2/c1-17(2)13-14-7-3-4-8-15(14)16(17)18-9-12-19-10-5-6-11-19/h3-4,7-8,16,18H,5-6,9-13H2,1-2H3. The molecule has 1 aromatic rings. The van der Waals surface area contributed by atoms with Gasteiger partial charge < -0.3 is 10.2 Å². The van der Waals surface area contributed by atoms with Gasteiger partial charge in [0.15, 0.2) is 0 Å². The molecule has 3 rings (SSSR count). The van der Waals surface area contributed by atoms with Gasteiger partial charge in [0, 0.05) is 19.1 Å². The van der Waals surface area contributed by atoms with Gasteiger partial charge in [0.2, 0.25) is 0 Å². The van der Waals surface area contributed by atoms with Gasteiger partial charge in [-0.15, -0.1) is 0 Å². The third-order valence-electron chi connectivity index (χ3n) is 4.77. The Morgan fingerprint density at radius 1 is 1.21 bits per heavy atom. The van der Waals surface area contributed by atoms with Gasteiger partial charge in [0.05, 0.1) is 0 Å². The Hall–Kier alpha value is -0.860. The summed E-state index contributed by atoms with van der Waals surface area (Å²) in [6, 6.07) is 9.46. The molecule has 104 valence electrons. The van der Waals surface area contributed by atoms with Crippen LogP contribution >= 0.6 is 0 Å². The lowest BCUT2D eigenvalue weighted by atomic mass is 9.85. The fraction of sp³-hybridized carbons (Fsp3) is 0.647. The molecule has 2 nitrogen and oxygen atoms in total. The zero-order valence-electron chi connectivity index (χ0n) is 12.3. The zero-order chi connectivity index (χ0) is 13.3. The van der Waals surface area contributed by atoms with E-state index >= 15 is 0 Å². The number of benzene rings is 1. The van der Waals surface area contributed by atoms with Crippen LogP contribution < -0.4 is 5.32 Å². The highest BCUT2D eigenvalue weighted by molar-refractivity contribution is 5.37. The molecule has 0 amide bonds. The lowest BCUT2D eigenvalue weighted by molar-refractivity contribution is 0.252. The highest BCUT2D eigenvalue weighted by Gasteiger charge is 2.38. The van der Waals surface area contributed by atoms with Crippen LogP contribution in [0.5, 0.6) is 0 Å². The molecular formula is C17H26N2. The lowest BCUT2D eigenvalue weighted by Crippen LogP contribution is -2.36. The van der Waals surface area contributed by atoms with E-state index in [1.54, 1.807) is 0 Å². The molecule has 0 aromatic heterocycles. The fourth-order valence-electron chi connectivity index (χ4n) is 3.75. The topological polar surface area (TPSA) is 15.3 Å². The number of fused-ring (bicyclic) bond motifs is 1. The van der Waals surface area contributed by atoms with E-state index in [1.165, 1.54) is 50.0 Å². The minimum absolute atomic E-state index is 0.342. The molecule has 1 aliphatic carbocycles. The van der Waals surface area contributed by atoms with E-state index in [1.807, 2.05) is 0 Å². The molecule has 1 saturated heterocycles. The van der Waals surface area contributed by atoms with Crippen molar-refractivity contribution in [3.8, 4) is 0 Å². The first kappa shape index (κ1) is 13.1. The quantitative estimate of drug-likeness (QED) is 0.893. The van der Waals surface area contributed by atoms with Crippen molar-refractivity contribution in [2.45, 2.75) is 39.2 Å². The van der Waals surface area contributed by atoms with Crippen LogP contribution in [0.2, 0.25) is 0 Å². The van der Waals surface area contributed by atoms with Crippen LogP contribution in [0.25, 0.3) is 0 Å². The Bertz CT molecular complexity index is 433. The number of nitrogens with one attached hydrogen (secondary N) is 1. The number of hydrogen-bond donors (Lipinski definition) is 1.